The first-order valence-electron chi connectivity index (χ1n) is 6.29. The predicted molar refractivity (Wildman–Crippen MR) is 83.4 cm³/mol. The largest absolute Gasteiger partial charge is 0.323 e. The van der Waals surface area contributed by atoms with E-state index in [1.165, 1.54) is 18.4 Å². The van der Waals surface area contributed by atoms with Crippen molar-refractivity contribution in [2.75, 3.05) is 12.0 Å². The zero-order valence-electron chi connectivity index (χ0n) is 11.8. The fourth-order valence-electron chi connectivity index (χ4n) is 2.37. The van der Waals surface area contributed by atoms with E-state index in [2.05, 4.69) is 4.98 Å². The molecule has 2 aromatic rings. The summed E-state index contributed by atoms with van der Waals surface area (Å²) in [7, 11) is -3.18. The molecule has 0 aliphatic heterocycles. The normalized spacial score (nSPS) is 15.3. The third-order valence-electron chi connectivity index (χ3n) is 3.10. The van der Waals surface area contributed by atoms with Gasteiger partial charge in [0.25, 0.3) is 0 Å². The molecule has 1 heterocycles. The molecule has 0 saturated carbocycles. The van der Waals surface area contributed by atoms with Gasteiger partial charge in [0, 0.05) is 18.4 Å². The maximum absolute atomic E-state index is 13.6. The SMILES string of the molecule is CC(Cl)c1nc2cc(F)c(Cl)cc2n1C(C)CS(C)(=O)=O. The van der Waals surface area contributed by atoms with Crippen molar-refractivity contribution in [3.8, 4) is 0 Å². The summed E-state index contributed by atoms with van der Waals surface area (Å²) in [6.45, 7) is 3.48. The van der Waals surface area contributed by atoms with E-state index in [1.54, 1.807) is 18.4 Å². The van der Waals surface area contributed by atoms with Crippen LogP contribution >= 0.6 is 23.2 Å². The van der Waals surface area contributed by atoms with E-state index < -0.39 is 21.0 Å². The Bertz CT molecular complexity index is 787. The maximum Gasteiger partial charge on any atom is 0.149 e. The summed E-state index contributed by atoms with van der Waals surface area (Å²) >= 11 is 11.9. The van der Waals surface area contributed by atoms with Gasteiger partial charge in [0.2, 0.25) is 0 Å². The van der Waals surface area contributed by atoms with Gasteiger partial charge in [-0.3, -0.25) is 0 Å². The molecule has 4 nitrogen and oxygen atoms in total. The molecule has 0 radical (unpaired) electrons. The zero-order chi connectivity index (χ0) is 15.9. The van der Waals surface area contributed by atoms with Crippen molar-refractivity contribution in [2.45, 2.75) is 25.3 Å². The molecule has 2 atom stereocenters. The van der Waals surface area contributed by atoms with Crippen LogP contribution in [-0.2, 0) is 9.84 Å². The van der Waals surface area contributed by atoms with E-state index in [-0.39, 0.29) is 16.8 Å². The Morgan fingerprint density at radius 1 is 1.38 bits per heavy atom. The van der Waals surface area contributed by atoms with Gasteiger partial charge in [0.05, 0.1) is 27.2 Å². The van der Waals surface area contributed by atoms with Gasteiger partial charge in [-0.15, -0.1) is 11.6 Å². The number of hydrogen-bond donors (Lipinski definition) is 0. The molecule has 0 aliphatic rings. The summed E-state index contributed by atoms with van der Waals surface area (Å²) in [5.41, 5.74) is 0.972. The van der Waals surface area contributed by atoms with Crippen molar-refractivity contribution in [3.63, 3.8) is 0 Å². The fraction of sp³-hybridized carbons (Fsp3) is 0.462. The smallest absolute Gasteiger partial charge is 0.149 e. The van der Waals surface area contributed by atoms with Gasteiger partial charge in [-0.1, -0.05) is 11.6 Å². The monoisotopic (exact) mass is 352 g/mol. The Hall–Kier alpha value is -0.850. The minimum atomic E-state index is -3.18. The van der Waals surface area contributed by atoms with Crippen LogP contribution in [0.25, 0.3) is 11.0 Å². The van der Waals surface area contributed by atoms with Crippen molar-refractivity contribution in [2.24, 2.45) is 0 Å². The number of nitrogens with zero attached hydrogens (tertiary/aromatic N) is 2. The number of fused-ring (bicyclic) bond motifs is 1. The van der Waals surface area contributed by atoms with E-state index in [4.69, 9.17) is 23.2 Å². The quantitative estimate of drug-likeness (QED) is 0.787. The zero-order valence-corrected chi connectivity index (χ0v) is 14.1. The summed E-state index contributed by atoms with van der Waals surface area (Å²) in [4.78, 5) is 4.30. The molecule has 1 aromatic carbocycles. The Morgan fingerprint density at radius 3 is 2.52 bits per heavy atom. The highest BCUT2D eigenvalue weighted by atomic mass is 35.5. The Morgan fingerprint density at radius 2 is 2.00 bits per heavy atom. The standard InChI is InChI=1S/C13H15Cl2FN2O2S/c1-7(6-21(3,19)20)18-12-4-9(15)10(16)5-11(12)17-13(18)8(2)14/h4-5,7-8H,6H2,1-3H3. The number of halogens is 3. The summed E-state index contributed by atoms with van der Waals surface area (Å²) in [5.74, 6) is -0.146. The van der Waals surface area contributed by atoms with Gasteiger partial charge >= 0.3 is 0 Å². The highest BCUT2D eigenvalue weighted by molar-refractivity contribution is 7.90. The molecule has 2 rings (SSSR count). The molecule has 2 unspecified atom stereocenters. The summed E-state index contributed by atoms with van der Waals surface area (Å²) < 4.78 is 38.3. The van der Waals surface area contributed by atoms with Crippen LogP contribution in [0.3, 0.4) is 0 Å². The average molecular weight is 353 g/mol. The Labute approximate surface area is 132 Å². The van der Waals surface area contributed by atoms with E-state index in [0.717, 1.165) is 0 Å². The topological polar surface area (TPSA) is 52.0 Å². The molecule has 0 saturated heterocycles. The van der Waals surface area contributed by atoms with Crippen LogP contribution in [-0.4, -0.2) is 30.0 Å². The van der Waals surface area contributed by atoms with Gasteiger partial charge in [-0.05, 0) is 19.9 Å². The number of aromatic nitrogens is 2. The lowest BCUT2D eigenvalue weighted by atomic mass is 10.2. The number of sulfone groups is 1. The maximum atomic E-state index is 13.6. The molecule has 1 aromatic heterocycles. The van der Waals surface area contributed by atoms with Crippen LogP contribution in [0.15, 0.2) is 12.1 Å². The number of hydrogen-bond acceptors (Lipinski definition) is 3. The van der Waals surface area contributed by atoms with E-state index in [0.29, 0.717) is 16.9 Å². The number of rotatable bonds is 4. The Kier molecular flexibility index (Phi) is 4.52. The second-order valence-electron chi connectivity index (χ2n) is 5.15. The van der Waals surface area contributed by atoms with Crippen LogP contribution in [0.1, 0.15) is 31.1 Å². The summed E-state index contributed by atoms with van der Waals surface area (Å²) in [5, 5.41) is -0.481. The molecule has 116 valence electrons. The Balaban J connectivity index is 2.69. The molecule has 0 amide bonds. The number of benzene rings is 1. The van der Waals surface area contributed by atoms with Crippen molar-refractivity contribution in [1.29, 1.82) is 0 Å². The van der Waals surface area contributed by atoms with Gasteiger partial charge in [-0.25, -0.2) is 17.8 Å². The molecule has 0 aliphatic carbocycles. The lowest BCUT2D eigenvalue weighted by Crippen LogP contribution is -2.18. The number of imidazole rings is 1. The minimum Gasteiger partial charge on any atom is -0.323 e. The van der Waals surface area contributed by atoms with Gasteiger partial charge in [0.15, 0.2) is 0 Å². The van der Waals surface area contributed by atoms with Crippen LogP contribution < -0.4 is 0 Å². The second kappa shape index (κ2) is 5.74. The lowest BCUT2D eigenvalue weighted by molar-refractivity contribution is 0.555. The van der Waals surface area contributed by atoms with Crippen molar-refractivity contribution >= 4 is 44.1 Å². The molecule has 0 spiro atoms. The molecule has 21 heavy (non-hydrogen) atoms. The molecule has 0 N–H and O–H groups in total. The summed E-state index contributed by atoms with van der Waals surface area (Å²) in [6, 6.07) is 2.29. The molecular weight excluding hydrogens is 338 g/mol. The van der Waals surface area contributed by atoms with Crippen molar-refractivity contribution in [3.05, 3.63) is 28.8 Å². The molecular formula is C13H15Cl2FN2O2S. The van der Waals surface area contributed by atoms with Crippen LogP contribution in [0.4, 0.5) is 4.39 Å². The first-order chi connectivity index (χ1) is 9.60. The highest BCUT2D eigenvalue weighted by Gasteiger charge is 2.22. The average Bonchev–Trinajstić information content (AvgIpc) is 2.66. The van der Waals surface area contributed by atoms with Gasteiger partial charge < -0.3 is 4.57 Å². The van der Waals surface area contributed by atoms with Crippen molar-refractivity contribution in [1.82, 2.24) is 9.55 Å². The van der Waals surface area contributed by atoms with Crippen LogP contribution in [0.5, 0.6) is 0 Å². The fourth-order valence-corrected chi connectivity index (χ4v) is 3.70. The van der Waals surface area contributed by atoms with Crippen LogP contribution in [0, 0.1) is 5.82 Å². The minimum absolute atomic E-state index is 0.0380. The molecule has 0 fully saturated rings. The third-order valence-corrected chi connectivity index (χ3v) is 4.67. The predicted octanol–water partition coefficient (Wildman–Crippen LogP) is 3.73. The third kappa shape index (κ3) is 3.49. The second-order valence-corrected chi connectivity index (χ2v) is 8.40. The first kappa shape index (κ1) is 16.5. The van der Waals surface area contributed by atoms with Crippen LogP contribution in [0.2, 0.25) is 5.02 Å². The molecule has 8 heteroatoms. The van der Waals surface area contributed by atoms with Gasteiger partial charge in [0.1, 0.15) is 21.5 Å². The van der Waals surface area contributed by atoms with Gasteiger partial charge in [-0.2, -0.15) is 0 Å². The lowest BCUT2D eigenvalue weighted by Gasteiger charge is -2.18. The van der Waals surface area contributed by atoms with Crippen molar-refractivity contribution < 1.29 is 12.8 Å². The summed E-state index contributed by atoms with van der Waals surface area (Å²) in [6.07, 6.45) is 1.17. The first-order valence-corrected chi connectivity index (χ1v) is 9.16. The number of alkyl halides is 1. The molecule has 0 bridgehead atoms. The van der Waals surface area contributed by atoms with E-state index in [9.17, 15) is 12.8 Å². The van der Waals surface area contributed by atoms with E-state index >= 15 is 0 Å². The highest BCUT2D eigenvalue weighted by Crippen LogP contribution is 2.31. The van der Waals surface area contributed by atoms with E-state index in [1.807, 2.05) is 0 Å².